The maximum Gasteiger partial charge on any atom is 0.242 e. The predicted octanol–water partition coefficient (Wildman–Crippen LogP) is 1.69. The highest BCUT2D eigenvalue weighted by molar-refractivity contribution is 7.89. The van der Waals surface area contributed by atoms with Crippen LogP contribution in [0.5, 0.6) is 5.75 Å². The van der Waals surface area contributed by atoms with E-state index in [2.05, 4.69) is 12.2 Å². The van der Waals surface area contributed by atoms with Crippen LogP contribution in [0, 0.1) is 11.8 Å². The molecule has 6 heteroatoms. The second-order valence-electron chi connectivity index (χ2n) is 5.76. The second-order valence-corrected chi connectivity index (χ2v) is 7.81. The first-order valence-electron chi connectivity index (χ1n) is 7.18. The molecule has 1 saturated carbocycles. The molecule has 0 radical (unpaired) electrons. The van der Waals surface area contributed by atoms with E-state index in [4.69, 9.17) is 4.74 Å². The van der Waals surface area contributed by atoms with Gasteiger partial charge in [0.2, 0.25) is 10.0 Å². The minimum atomic E-state index is -3.43. The standard InChI is InChI=1S/C15H24N2O3S/c1-11-7-13(11)10-17(3)21(18,19)14-5-6-15(20-4)12(8-14)9-16-2/h5-6,8,11,13,16H,7,9-10H2,1-4H3. The molecule has 21 heavy (non-hydrogen) atoms. The quantitative estimate of drug-likeness (QED) is 0.832. The van der Waals surface area contributed by atoms with Gasteiger partial charge in [-0.25, -0.2) is 12.7 Å². The van der Waals surface area contributed by atoms with Crippen molar-refractivity contribution < 1.29 is 13.2 Å². The van der Waals surface area contributed by atoms with Crippen LogP contribution >= 0.6 is 0 Å². The van der Waals surface area contributed by atoms with Gasteiger partial charge in [-0.15, -0.1) is 0 Å². The van der Waals surface area contributed by atoms with Gasteiger partial charge in [-0.3, -0.25) is 0 Å². The normalized spacial score (nSPS) is 21.6. The zero-order chi connectivity index (χ0) is 15.6. The minimum Gasteiger partial charge on any atom is -0.496 e. The molecule has 1 aliphatic carbocycles. The highest BCUT2D eigenvalue weighted by Crippen LogP contribution is 2.38. The van der Waals surface area contributed by atoms with Crippen molar-refractivity contribution in [2.75, 3.05) is 27.7 Å². The predicted molar refractivity (Wildman–Crippen MR) is 82.8 cm³/mol. The zero-order valence-electron chi connectivity index (χ0n) is 13.1. The number of sulfonamides is 1. The van der Waals surface area contributed by atoms with Crippen LogP contribution in [0.4, 0.5) is 0 Å². The molecule has 1 aliphatic rings. The van der Waals surface area contributed by atoms with E-state index in [1.807, 2.05) is 7.05 Å². The Balaban J connectivity index is 2.24. The molecular weight excluding hydrogens is 288 g/mol. The van der Waals surface area contributed by atoms with Crippen molar-refractivity contribution in [1.82, 2.24) is 9.62 Å². The number of nitrogens with one attached hydrogen (secondary N) is 1. The first kappa shape index (κ1) is 16.3. The molecule has 0 saturated heterocycles. The molecule has 1 N–H and O–H groups in total. The Labute approximate surface area is 127 Å². The largest absolute Gasteiger partial charge is 0.496 e. The van der Waals surface area contributed by atoms with E-state index in [1.54, 1.807) is 32.4 Å². The van der Waals surface area contributed by atoms with E-state index in [0.29, 0.717) is 35.6 Å². The lowest BCUT2D eigenvalue weighted by molar-refractivity contribution is 0.407. The van der Waals surface area contributed by atoms with Gasteiger partial charge in [0.1, 0.15) is 5.75 Å². The molecular formula is C15H24N2O3S. The van der Waals surface area contributed by atoms with Crippen molar-refractivity contribution in [2.24, 2.45) is 11.8 Å². The fourth-order valence-electron chi connectivity index (χ4n) is 2.51. The van der Waals surface area contributed by atoms with Crippen molar-refractivity contribution in [3.8, 4) is 5.75 Å². The van der Waals surface area contributed by atoms with Gasteiger partial charge >= 0.3 is 0 Å². The Morgan fingerprint density at radius 3 is 2.62 bits per heavy atom. The van der Waals surface area contributed by atoms with Gasteiger partial charge in [0.05, 0.1) is 12.0 Å². The lowest BCUT2D eigenvalue weighted by Gasteiger charge is -2.18. The Morgan fingerprint density at radius 2 is 2.10 bits per heavy atom. The Bertz CT molecular complexity index is 601. The monoisotopic (exact) mass is 312 g/mol. The van der Waals surface area contributed by atoms with Crippen LogP contribution in [-0.2, 0) is 16.6 Å². The summed E-state index contributed by atoms with van der Waals surface area (Å²) in [4.78, 5) is 0.323. The zero-order valence-corrected chi connectivity index (χ0v) is 13.9. The molecule has 118 valence electrons. The van der Waals surface area contributed by atoms with Gasteiger partial charge in [0, 0.05) is 25.7 Å². The summed E-state index contributed by atoms with van der Waals surface area (Å²) in [5, 5.41) is 3.03. The van der Waals surface area contributed by atoms with E-state index < -0.39 is 10.0 Å². The van der Waals surface area contributed by atoms with Crippen LogP contribution in [-0.4, -0.2) is 40.5 Å². The number of nitrogens with zero attached hydrogens (tertiary/aromatic N) is 1. The van der Waals surface area contributed by atoms with E-state index >= 15 is 0 Å². The summed E-state index contributed by atoms with van der Waals surface area (Å²) in [6.45, 7) is 3.32. The van der Waals surface area contributed by atoms with Crippen molar-refractivity contribution in [1.29, 1.82) is 0 Å². The number of hydrogen-bond donors (Lipinski definition) is 1. The molecule has 0 heterocycles. The number of benzene rings is 1. The fraction of sp³-hybridized carbons (Fsp3) is 0.600. The molecule has 1 aromatic carbocycles. The van der Waals surface area contributed by atoms with Crippen LogP contribution in [0.15, 0.2) is 23.1 Å². The average Bonchev–Trinajstić information content (AvgIpc) is 3.14. The molecule has 1 fully saturated rings. The molecule has 2 unspecified atom stereocenters. The molecule has 2 rings (SSSR count). The van der Waals surface area contributed by atoms with Gasteiger partial charge in [0.15, 0.2) is 0 Å². The van der Waals surface area contributed by atoms with Crippen LogP contribution in [0.3, 0.4) is 0 Å². The number of hydrogen-bond acceptors (Lipinski definition) is 4. The highest BCUT2D eigenvalue weighted by Gasteiger charge is 2.36. The van der Waals surface area contributed by atoms with Crippen LogP contribution in [0.1, 0.15) is 18.9 Å². The molecule has 0 amide bonds. The van der Waals surface area contributed by atoms with Gasteiger partial charge in [-0.05, 0) is 43.5 Å². The maximum absolute atomic E-state index is 12.6. The van der Waals surface area contributed by atoms with Crippen molar-refractivity contribution in [3.63, 3.8) is 0 Å². The average molecular weight is 312 g/mol. The van der Waals surface area contributed by atoms with E-state index in [9.17, 15) is 8.42 Å². The summed E-state index contributed by atoms with van der Waals surface area (Å²) >= 11 is 0. The van der Waals surface area contributed by atoms with Crippen LogP contribution in [0.25, 0.3) is 0 Å². The molecule has 5 nitrogen and oxygen atoms in total. The first-order valence-corrected chi connectivity index (χ1v) is 8.62. The summed E-state index contributed by atoms with van der Waals surface area (Å²) in [6.07, 6.45) is 1.12. The third-order valence-electron chi connectivity index (χ3n) is 4.10. The number of rotatable bonds is 7. The Morgan fingerprint density at radius 1 is 1.43 bits per heavy atom. The van der Waals surface area contributed by atoms with Crippen molar-refractivity contribution >= 4 is 10.0 Å². The Hall–Kier alpha value is -1.11. The van der Waals surface area contributed by atoms with Gasteiger partial charge in [-0.2, -0.15) is 0 Å². The van der Waals surface area contributed by atoms with E-state index in [-0.39, 0.29) is 0 Å². The summed E-state index contributed by atoms with van der Waals surface area (Å²) < 4.78 is 32.0. The first-order chi connectivity index (χ1) is 9.90. The number of methoxy groups -OCH3 is 1. The topological polar surface area (TPSA) is 58.6 Å². The molecule has 0 aliphatic heterocycles. The highest BCUT2D eigenvalue weighted by atomic mass is 32.2. The van der Waals surface area contributed by atoms with Crippen molar-refractivity contribution in [3.05, 3.63) is 23.8 Å². The molecule has 1 aromatic rings. The van der Waals surface area contributed by atoms with Gasteiger partial charge in [0.25, 0.3) is 0 Å². The molecule has 0 bridgehead atoms. The second kappa shape index (κ2) is 6.34. The van der Waals surface area contributed by atoms with Crippen LogP contribution in [0.2, 0.25) is 0 Å². The third-order valence-corrected chi connectivity index (χ3v) is 5.91. The molecule has 0 aromatic heterocycles. The van der Waals surface area contributed by atoms with Gasteiger partial charge in [-0.1, -0.05) is 6.92 Å². The summed E-state index contributed by atoms with van der Waals surface area (Å²) in [6, 6.07) is 5.02. The van der Waals surface area contributed by atoms with Crippen molar-refractivity contribution in [2.45, 2.75) is 24.8 Å². The van der Waals surface area contributed by atoms with E-state index in [1.165, 1.54) is 4.31 Å². The smallest absolute Gasteiger partial charge is 0.242 e. The summed E-state index contributed by atoms with van der Waals surface area (Å²) in [5.74, 6) is 1.83. The van der Waals surface area contributed by atoms with E-state index in [0.717, 1.165) is 12.0 Å². The SMILES string of the molecule is CNCc1cc(S(=O)(=O)N(C)CC2CC2C)ccc1OC. The number of ether oxygens (including phenoxy) is 1. The maximum atomic E-state index is 12.6. The molecule has 0 spiro atoms. The summed E-state index contributed by atoms with van der Waals surface area (Å²) in [5.41, 5.74) is 0.842. The summed E-state index contributed by atoms with van der Waals surface area (Å²) in [7, 11) is 1.63. The van der Waals surface area contributed by atoms with Gasteiger partial charge < -0.3 is 10.1 Å². The lowest BCUT2D eigenvalue weighted by atomic mass is 10.2. The lowest BCUT2D eigenvalue weighted by Crippen LogP contribution is -2.29. The van der Waals surface area contributed by atoms with Crippen LogP contribution < -0.4 is 10.1 Å². The Kier molecular flexibility index (Phi) is 4.91. The minimum absolute atomic E-state index is 0.323. The fourth-order valence-corrected chi connectivity index (χ4v) is 3.78. The molecule has 2 atom stereocenters. The third kappa shape index (κ3) is 3.56.